The number of nitrogens with zero attached hydrogens (tertiary/aromatic N) is 2. The first-order chi connectivity index (χ1) is 9.99. The molecule has 0 atom stereocenters. The molecule has 2 rings (SSSR count). The lowest BCUT2D eigenvalue weighted by Crippen LogP contribution is -2.27. The second kappa shape index (κ2) is 6.13. The second-order valence-corrected chi connectivity index (χ2v) is 4.58. The third-order valence-electron chi connectivity index (χ3n) is 3.01. The van der Waals surface area contributed by atoms with Crippen LogP contribution in [-0.2, 0) is 6.54 Å². The Kier molecular flexibility index (Phi) is 4.27. The molecule has 2 amide bonds. The van der Waals surface area contributed by atoms with Gasteiger partial charge in [0.05, 0.1) is 11.8 Å². The number of carbonyl (C=O) groups is 2. The Bertz CT molecular complexity index is 671. The Hall–Kier alpha value is -2.76. The predicted molar refractivity (Wildman–Crippen MR) is 75.0 cm³/mol. The molecule has 0 saturated carbocycles. The minimum Gasteiger partial charge on any atom is -0.366 e. The molecule has 6 heteroatoms. The molecule has 0 unspecified atom stereocenters. The van der Waals surface area contributed by atoms with Crippen molar-refractivity contribution in [1.29, 1.82) is 0 Å². The van der Waals surface area contributed by atoms with Crippen LogP contribution in [0.1, 0.15) is 26.3 Å². The molecule has 108 valence electrons. The van der Waals surface area contributed by atoms with Crippen LogP contribution < -0.4 is 5.73 Å². The van der Waals surface area contributed by atoms with Gasteiger partial charge in [0, 0.05) is 25.4 Å². The van der Waals surface area contributed by atoms with Crippen LogP contribution in [0.15, 0.2) is 42.7 Å². The van der Waals surface area contributed by atoms with E-state index >= 15 is 0 Å². The van der Waals surface area contributed by atoms with E-state index in [0.29, 0.717) is 12.1 Å². The summed E-state index contributed by atoms with van der Waals surface area (Å²) < 4.78 is 13.5. The molecule has 2 aromatic rings. The summed E-state index contributed by atoms with van der Waals surface area (Å²) >= 11 is 0. The number of amides is 2. The Labute approximate surface area is 121 Å². The van der Waals surface area contributed by atoms with Crippen LogP contribution in [0, 0.1) is 5.82 Å². The fourth-order valence-corrected chi connectivity index (χ4v) is 1.87. The van der Waals surface area contributed by atoms with Crippen LogP contribution in [0.3, 0.4) is 0 Å². The molecular formula is C15H14FN3O2. The first-order valence-electron chi connectivity index (χ1n) is 6.22. The fraction of sp³-hybridized carbons (Fsp3) is 0.133. The Morgan fingerprint density at radius 2 is 1.90 bits per heavy atom. The van der Waals surface area contributed by atoms with Crippen LogP contribution in [-0.4, -0.2) is 28.7 Å². The van der Waals surface area contributed by atoms with Gasteiger partial charge >= 0.3 is 0 Å². The molecule has 1 heterocycles. The zero-order chi connectivity index (χ0) is 15.4. The molecule has 0 aliphatic carbocycles. The highest BCUT2D eigenvalue weighted by atomic mass is 19.1. The largest absolute Gasteiger partial charge is 0.366 e. The number of hydrogen-bond donors (Lipinski definition) is 1. The van der Waals surface area contributed by atoms with Gasteiger partial charge in [-0.2, -0.15) is 0 Å². The van der Waals surface area contributed by atoms with Crippen molar-refractivity contribution in [2.24, 2.45) is 5.73 Å². The van der Waals surface area contributed by atoms with E-state index in [-0.39, 0.29) is 5.56 Å². The smallest absolute Gasteiger partial charge is 0.256 e. The number of rotatable bonds is 4. The Balaban J connectivity index is 2.10. The van der Waals surface area contributed by atoms with Gasteiger partial charge < -0.3 is 10.6 Å². The molecule has 0 radical (unpaired) electrons. The second-order valence-electron chi connectivity index (χ2n) is 4.58. The lowest BCUT2D eigenvalue weighted by Gasteiger charge is -2.17. The summed E-state index contributed by atoms with van der Waals surface area (Å²) in [4.78, 5) is 28.1. The average molecular weight is 287 g/mol. The Morgan fingerprint density at radius 3 is 2.48 bits per heavy atom. The van der Waals surface area contributed by atoms with E-state index in [4.69, 9.17) is 5.73 Å². The molecule has 1 aromatic carbocycles. The maximum Gasteiger partial charge on any atom is 0.256 e. The number of carbonyl (C=O) groups excluding carboxylic acids is 2. The van der Waals surface area contributed by atoms with Crippen LogP contribution in [0.2, 0.25) is 0 Å². The van der Waals surface area contributed by atoms with Gasteiger partial charge in [0.25, 0.3) is 5.91 Å². The molecule has 0 spiro atoms. The molecule has 1 aromatic heterocycles. The van der Waals surface area contributed by atoms with Crippen molar-refractivity contribution in [3.8, 4) is 0 Å². The van der Waals surface area contributed by atoms with Crippen molar-refractivity contribution in [3.05, 3.63) is 65.2 Å². The van der Waals surface area contributed by atoms with Crippen LogP contribution in [0.4, 0.5) is 4.39 Å². The molecule has 5 nitrogen and oxygen atoms in total. The summed E-state index contributed by atoms with van der Waals surface area (Å²) in [6.45, 7) is 0.291. The van der Waals surface area contributed by atoms with Crippen LogP contribution >= 0.6 is 0 Å². The zero-order valence-electron chi connectivity index (χ0n) is 11.4. The van der Waals surface area contributed by atoms with Gasteiger partial charge in [-0.1, -0.05) is 12.1 Å². The Morgan fingerprint density at radius 1 is 1.24 bits per heavy atom. The average Bonchev–Trinajstić information content (AvgIpc) is 2.47. The highest BCUT2D eigenvalue weighted by Gasteiger charge is 2.16. The number of pyridine rings is 1. The van der Waals surface area contributed by atoms with E-state index in [1.54, 1.807) is 31.3 Å². The molecule has 0 fully saturated rings. The van der Waals surface area contributed by atoms with Gasteiger partial charge in [0.15, 0.2) is 5.82 Å². The highest BCUT2D eigenvalue weighted by Crippen LogP contribution is 2.11. The zero-order valence-corrected chi connectivity index (χ0v) is 11.4. The summed E-state index contributed by atoms with van der Waals surface area (Å²) in [5.41, 5.74) is 6.33. The van der Waals surface area contributed by atoms with E-state index in [2.05, 4.69) is 4.98 Å². The van der Waals surface area contributed by atoms with Crippen molar-refractivity contribution >= 4 is 11.8 Å². The van der Waals surface area contributed by atoms with Crippen LogP contribution in [0.25, 0.3) is 0 Å². The molecule has 0 aliphatic rings. The van der Waals surface area contributed by atoms with Crippen molar-refractivity contribution in [2.75, 3.05) is 7.05 Å². The lowest BCUT2D eigenvalue weighted by molar-refractivity contribution is 0.0780. The molecular weight excluding hydrogens is 273 g/mol. The van der Waals surface area contributed by atoms with Gasteiger partial charge in [0.2, 0.25) is 5.91 Å². The maximum atomic E-state index is 13.5. The number of hydrogen-bond acceptors (Lipinski definition) is 3. The summed E-state index contributed by atoms with van der Waals surface area (Å²) in [5.74, 6) is -1.60. The summed E-state index contributed by atoms with van der Waals surface area (Å²) in [7, 11) is 1.57. The first kappa shape index (κ1) is 14.6. The lowest BCUT2D eigenvalue weighted by atomic mass is 10.1. The summed E-state index contributed by atoms with van der Waals surface area (Å²) in [5, 5.41) is 0. The standard InChI is InChI=1S/C15H14FN3O2/c1-19(15(21)12-6-7-18-8-13(12)16)9-10-2-4-11(5-3-10)14(17)20/h2-8H,9H2,1H3,(H2,17,20). The normalized spacial score (nSPS) is 10.2. The molecule has 0 aliphatic heterocycles. The maximum absolute atomic E-state index is 13.5. The van der Waals surface area contributed by atoms with Gasteiger partial charge in [-0.25, -0.2) is 4.39 Å². The van der Waals surface area contributed by atoms with Crippen molar-refractivity contribution in [2.45, 2.75) is 6.54 Å². The summed E-state index contributed by atoms with van der Waals surface area (Å²) in [6, 6.07) is 7.91. The van der Waals surface area contributed by atoms with Gasteiger partial charge in [-0.15, -0.1) is 0 Å². The first-order valence-corrected chi connectivity index (χ1v) is 6.22. The number of nitrogens with two attached hydrogens (primary N) is 1. The number of primary amides is 1. The number of halogens is 1. The third-order valence-corrected chi connectivity index (χ3v) is 3.01. The van der Waals surface area contributed by atoms with E-state index in [1.165, 1.54) is 17.2 Å². The van der Waals surface area contributed by atoms with Gasteiger partial charge in [-0.3, -0.25) is 14.6 Å². The number of aromatic nitrogens is 1. The minimum absolute atomic E-state index is 0.0266. The summed E-state index contributed by atoms with van der Waals surface area (Å²) in [6.07, 6.45) is 2.37. The molecule has 0 saturated heterocycles. The monoisotopic (exact) mass is 287 g/mol. The van der Waals surface area contributed by atoms with E-state index < -0.39 is 17.6 Å². The fourth-order valence-electron chi connectivity index (χ4n) is 1.87. The van der Waals surface area contributed by atoms with Crippen LogP contribution in [0.5, 0.6) is 0 Å². The van der Waals surface area contributed by atoms with E-state index in [1.807, 2.05) is 0 Å². The quantitative estimate of drug-likeness (QED) is 0.927. The van der Waals surface area contributed by atoms with Crippen molar-refractivity contribution < 1.29 is 14.0 Å². The SMILES string of the molecule is CN(Cc1ccc(C(N)=O)cc1)C(=O)c1ccncc1F. The van der Waals surface area contributed by atoms with Crippen molar-refractivity contribution in [1.82, 2.24) is 9.88 Å². The molecule has 0 bridgehead atoms. The predicted octanol–water partition coefficient (Wildman–Crippen LogP) is 1.59. The van der Waals surface area contributed by atoms with Crippen molar-refractivity contribution in [3.63, 3.8) is 0 Å². The van der Waals surface area contributed by atoms with Gasteiger partial charge in [-0.05, 0) is 23.8 Å². The number of benzene rings is 1. The van der Waals surface area contributed by atoms with E-state index in [0.717, 1.165) is 11.8 Å². The van der Waals surface area contributed by atoms with E-state index in [9.17, 15) is 14.0 Å². The topological polar surface area (TPSA) is 76.3 Å². The third kappa shape index (κ3) is 3.42. The molecule has 2 N–H and O–H groups in total. The highest BCUT2D eigenvalue weighted by molar-refractivity contribution is 5.94. The molecule has 21 heavy (non-hydrogen) atoms. The minimum atomic E-state index is -0.654. The van der Waals surface area contributed by atoms with Gasteiger partial charge in [0.1, 0.15) is 0 Å².